The Morgan fingerprint density at radius 1 is 1.47 bits per heavy atom. The van der Waals surface area contributed by atoms with Crippen LogP contribution in [0, 0.1) is 0 Å². The van der Waals surface area contributed by atoms with Gasteiger partial charge in [-0.2, -0.15) is 13.2 Å². The Bertz CT molecular complexity index is 225. The lowest BCUT2D eigenvalue weighted by Gasteiger charge is -2.35. The van der Waals surface area contributed by atoms with Crippen LogP contribution in [-0.4, -0.2) is 27.5 Å². The molecule has 88 valence electrons. The number of halogens is 3. The molecule has 15 heavy (non-hydrogen) atoms. The highest BCUT2D eigenvalue weighted by molar-refractivity contribution is 6.37. The van der Waals surface area contributed by atoms with Crippen molar-refractivity contribution in [2.45, 2.75) is 43.6 Å². The zero-order valence-electron chi connectivity index (χ0n) is 9.94. The molecule has 0 aromatic carbocycles. The van der Waals surface area contributed by atoms with E-state index >= 15 is 0 Å². The van der Waals surface area contributed by atoms with Crippen molar-refractivity contribution in [1.82, 2.24) is 0 Å². The summed E-state index contributed by atoms with van der Waals surface area (Å²) >= 11 is 0. The predicted octanol–water partition coefficient (Wildman–Crippen LogP) is 2.72. The molecular formula is C10H18F3OSi+. The lowest BCUT2D eigenvalue weighted by atomic mass is 10.1. The van der Waals surface area contributed by atoms with Gasteiger partial charge in [-0.15, -0.1) is 0 Å². The second-order valence-electron chi connectivity index (χ2n) is 3.99. The van der Waals surface area contributed by atoms with Crippen molar-refractivity contribution < 1.29 is 19.3 Å². The van der Waals surface area contributed by atoms with Gasteiger partial charge in [0.25, 0.3) is 0 Å². The highest BCUT2D eigenvalue weighted by atomic mass is 28.2. The molecule has 1 rings (SSSR count). The van der Waals surface area contributed by atoms with Crippen LogP contribution in [0.3, 0.4) is 0 Å². The summed E-state index contributed by atoms with van der Waals surface area (Å²) in [5, 5.41) is -0.208. The topological polar surface area (TPSA) is 9.23 Å². The Balaban J connectivity index is 0.00000225. The van der Waals surface area contributed by atoms with Crippen molar-refractivity contribution in [2.24, 2.45) is 0 Å². The molecule has 1 unspecified atom stereocenters. The molecule has 0 radical (unpaired) electrons. The molecule has 1 aliphatic rings. The first kappa shape index (κ1) is 12.8. The maximum Gasteiger partial charge on any atom is 1.00 e. The summed E-state index contributed by atoms with van der Waals surface area (Å²) in [6, 6.07) is 0. The van der Waals surface area contributed by atoms with Gasteiger partial charge in [0.15, 0.2) is 0 Å². The lowest BCUT2D eigenvalue weighted by Crippen LogP contribution is -2.40. The molecule has 1 heterocycles. The average molecular weight is 239 g/mol. The first-order valence-electron chi connectivity index (χ1n) is 5.36. The third kappa shape index (κ3) is 4.38. The molecule has 1 saturated heterocycles. The Labute approximate surface area is 92.0 Å². The molecule has 0 aromatic heterocycles. The highest BCUT2D eigenvalue weighted by Crippen LogP contribution is 2.28. The Kier molecular flexibility index (Phi) is 4.40. The molecule has 1 atom stereocenters. The van der Waals surface area contributed by atoms with Gasteiger partial charge in [0.2, 0.25) is 0 Å². The zero-order valence-corrected chi connectivity index (χ0v) is 10.4. The number of hydrogen-bond donors (Lipinski definition) is 0. The van der Waals surface area contributed by atoms with E-state index in [4.69, 9.17) is 4.74 Å². The van der Waals surface area contributed by atoms with Gasteiger partial charge in [-0.1, -0.05) is 12.6 Å². The van der Waals surface area contributed by atoms with Crippen molar-refractivity contribution in [3.63, 3.8) is 0 Å². The molecule has 1 nitrogen and oxygen atoms in total. The van der Waals surface area contributed by atoms with Crippen LogP contribution in [0.2, 0.25) is 6.55 Å². The minimum atomic E-state index is -4.19. The summed E-state index contributed by atoms with van der Waals surface area (Å²) in [7, 11) is -0.444. The monoisotopic (exact) mass is 239 g/mol. The standard InChI is InChI=1S/C10H17F3OSi/c1-15-9(5-2-3-8-14-9)6-4-7-10(11,12)13/h4,7H,2-3,5-6,8,15H2,1H3/p+1. The van der Waals surface area contributed by atoms with Crippen molar-refractivity contribution >= 4 is 9.52 Å². The van der Waals surface area contributed by atoms with Crippen molar-refractivity contribution in [3.8, 4) is 0 Å². The average Bonchev–Trinajstić information content (AvgIpc) is 2.17. The molecular weight excluding hydrogens is 221 g/mol. The fourth-order valence-corrected chi connectivity index (χ4v) is 3.31. The van der Waals surface area contributed by atoms with Gasteiger partial charge in [-0.3, -0.25) is 0 Å². The summed E-state index contributed by atoms with van der Waals surface area (Å²) in [5.41, 5.74) is 0. The summed E-state index contributed by atoms with van der Waals surface area (Å²) in [6.45, 7) is 2.81. The van der Waals surface area contributed by atoms with Gasteiger partial charge >= 0.3 is 7.60 Å². The fraction of sp³-hybridized carbons (Fsp3) is 0.800. The van der Waals surface area contributed by atoms with Crippen LogP contribution in [-0.2, 0) is 4.74 Å². The minimum absolute atomic E-state index is 0. The zero-order chi connectivity index (χ0) is 11.4. The number of alkyl halides is 3. The molecule has 0 amide bonds. The Morgan fingerprint density at radius 3 is 2.67 bits per heavy atom. The maximum atomic E-state index is 11.9. The summed E-state index contributed by atoms with van der Waals surface area (Å²) in [4.78, 5) is 0. The van der Waals surface area contributed by atoms with Crippen LogP contribution < -0.4 is 0 Å². The van der Waals surface area contributed by atoms with Crippen LogP contribution >= 0.6 is 0 Å². The molecule has 1 fully saturated rings. The quantitative estimate of drug-likeness (QED) is 0.543. The van der Waals surface area contributed by atoms with E-state index < -0.39 is 15.7 Å². The normalized spacial score (nSPS) is 29.3. The van der Waals surface area contributed by atoms with Crippen LogP contribution in [0.4, 0.5) is 13.2 Å². The largest absolute Gasteiger partial charge is 1.00 e. The summed E-state index contributed by atoms with van der Waals surface area (Å²) in [5.74, 6) is 0. The molecule has 0 bridgehead atoms. The highest BCUT2D eigenvalue weighted by Gasteiger charge is 2.31. The fourth-order valence-electron chi connectivity index (χ4n) is 1.90. The van der Waals surface area contributed by atoms with Gasteiger partial charge in [-0.05, 0) is 25.7 Å². The Hall–Kier alpha value is -0.293. The first-order valence-corrected chi connectivity index (χ1v) is 7.48. The smallest absolute Gasteiger partial charge is 0.379 e. The van der Waals surface area contributed by atoms with Gasteiger partial charge in [0.05, 0.1) is 14.7 Å². The number of rotatable bonds is 3. The molecule has 5 heteroatoms. The summed E-state index contributed by atoms with van der Waals surface area (Å²) < 4.78 is 41.4. The van der Waals surface area contributed by atoms with E-state index in [9.17, 15) is 13.2 Å². The van der Waals surface area contributed by atoms with E-state index in [-0.39, 0.29) is 6.65 Å². The Morgan fingerprint density at radius 2 is 2.20 bits per heavy atom. The maximum absolute atomic E-state index is 11.9. The number of allylic oxidation sites excluding steroid dienone is 1. The van der Waals surface area contributed by atoms with Crippen molar-refractivity contribution in [1.29, 1.82) is 0 Å². The lowest BCUT2D eigenvalue weighted by molar-refractivity contribution is -0.0805. The van der Waals surface area contributed by atoms with Gasteiger partial charge in [-0.25, -0.2) is 0 Å². The van der Waals surface area contributed by atoms with Crippen LogP contribution in [0.5, 0.6) is 0 Å². The molecule has 0 N–H and O–H groups in total. The molecule has 1 aliphatic heterocycles. The molecule has 0 saturated carbocycles. The van der Waals surface area contributed by atoms with E-state index in [1.54, 1.807) is 0 Å². The van der Waals surface area contributed by atoms with Crippen molar-refractivity contribution in [3.05, 3.63) is 12.2 Å². The first-order chi connectivity index (χ1) is 6.97. The number of hydrogen-bond acceptors (Lipinski definition) is 1. The third-order valence-corrected chi connectivity index (χ3v) is 5.01. The minimum Gasteiger partial charge on any atom is -0.379 e. The second-order valence-corrected chi connectivity index (χ2v) is 5.99. The second kappa shape index (κ2) is 5.16. The van der Waals surface area contributed by atoms with Gasteiger partial charge in [0, 0.05) is 12.7 Å². The van der Waals surface area contributed by atoms with E-state index in [0.29, 0.717) is 19.1 Å². The van der Waals surface area contributed by atoms with E-state index in [1.807, 2.05) is 0 Å². The van der Waals surface area contributed by atoms with Gasteiger partial charge < -0.3 is 4.74 Å². The summed E-state index contributed by atoms with van der Waals surface area (Å²) in [6.07, 6.45) is 0.844. The number of ether oxygens (including phenoxy) is 1. The molecule has 0 aromatic rings. The van der Waals surface area contributed by atoms with Crippen molar-refractivity contribution in [2.75, 3.05) is 6.61 Å². The SMILES string of the molecule is C[SiH2]C1(CC=CC(F)(F)F)CCCCO1.[H+]. The predicted molar refractivity (Wildman–Crippen MR) is 57.9 cm³/mol. The van der Waals surface area contributed by atoms with Crippen LogP contribution in [0.1, 0.15) is 27.1 Å². The molecule has 0 spiro atoms. The van der Waals surface area contributed by atoms with E-state index in [0.717, 1.165) is 19.3 Å². The van der Waals surface area contributed by atoms with E-state index in [1.165, 1.54) is 6.08 Å². The van der Waals surface area contributed by atoms with Crippen LogP contribution in [0.15, 0.2) is 12.2 Å². The van der Waals surface area contributed by atoms with E-state index in [2.05, 4.69) is 6.55 Å². The molecule has 0 aliphatic carbocycles. The van der Waals surface area contributed by atoms with Crippen LogP contribution in [0.25, 0.3) is 0 Å². The third-order valence-electron chi connectivity index (χ3n) is 2.88. The van der Waals surface area contributed by atoms with Gasteiger partial charge in [0.1, 0.15) is 0 Å².